The van der Waals surface area contributed by atoms with Crippen LogP contribution in [0.5, 0.6) is 0 Å². The van der Waals surface area contributed by atoms with Gasteiger partial charge in [-0.15, -0.1) is 0 Å². The fraction of sp³-hybridized carbons (Fsp3) is 0.300. The van der Waals surface area contributed by atoms with Crippen LogP contribution in [0.4, 0.5) is 11.5 Å². The van der Waals surface area contributed by atoms with Gasteiger partial charge in [-0.1, -0.05) is 0 Å². The minimum Gasteiger partial charge on any atom is -0.355 e. The summed E-state index contributed by atoms with van der Waals surface area (Å²) in [4.78, 5) is 25.1. The number of nitro groups is 1. The molecule has 18 heavy (non-hydrogen) atoms. The summed E-state index contributed by atoms with van der Waals surface area (Å²) in [6.07, 6.45) is 1.27. The van der Waals surface area contributed by atoms with E-state index < -0.39 is 10.6 Å². The summed E-state index contributed by atoms with van der Waals surface area (Å²) in [5.74, 6) is -0.402. The lowest BCUT2D eigenvalue weighted by molar-refractivity contribution is -0.384. The van der Waals surface area contributed by atoms with E-state index in [1.165, 1.54) is 12.3 Å². The van der Waals surface area contributed by atoms with Crippen LogP contribution in [-0.2, 0) is 4.79 Å². The van der Waals surface area contributed by atoms with Gasteiger partial charge in [-0.3, -0.25) is 14.9 Å². The molecule has 0 aliphatic heterocycles. The molecule has 0 aliphatic carbocycles. The first-order chi connectivity index (χ1) is 8.60. The Balaban J connectivity index is 2.92. The fourth-order valence-electron chi connectivity index (χ4n) is 1.28. The molecule has 0 bridgehead atoms. The molecule has 0 saturated heterocycles. The molecule has 8 heteroatoms. The predicted molar refractivity (Wildman–Crippen MR) is 62.8 cm³/mol. The minimum absolute atomic E-state index is 0.0923. The maximum absolute atomic E-state index is 11.2. The number of anilines is 1. The van der Waals surface area contributed by atoms with Gasteiger partial charge >= 0.3 is 5.69 Å². The van der Waals surface area contributed by atoms with Gasteiger partial charge in [-0.05, 0) is 13.0 Å². The third-order valence-electron chi connectivity index (χ3n) is 2.02. The Morgan fingerprint density at radius 2 is 2.39 bits per heavy atom. The molecule has 0 spiro atoms. The first kappa shape index (κ1) is 13.4. The van der Waals surface area contributed by atoms with Gasteiger partial charge in [0.2, 0.25) is 11.7 Å². The Morgan fingerprint density at radius 3 is 2.94 bits per heavy atom. The van der Waals surface area contributed by atoms with Crippen LogP contribution in [0.1, 0.15) is 12.5 Å². The van der Waals surface area contributed by atoms with Crippen LogP contribution in [-0.4, -0.2) is 28.9 Å². The van der Waals surface area contributed by atoms with Crippen LogP contribution >= 0.6 is 0 Å². The van der Waals surface area contributed by atoms with Crippen LogP contribution in [0.25, 0.3) is 0 Å². The third-order valence-corrected chi connectivity index (χ3v) is 2.02. The minimum atomic E-state index is -0.703. The summed E-state index contributed by atoms with van der Waals surface area (Å²) in [6, 6.07) is 2.95. The van der Waals surface area contributed by atoms with Gasteiger partial charge in [0, 0.05) is 12.7 Å². The van der Waals surface area contributed by atoms with Gasteiger partial charge in [0.25, 0.3) is 0 Å². The molecular formula is C10H11N5O3. The highest BCUT2D eigenvalue weighted by Crippen LogP contribution is 2.25. The Kier molecular flexibility index (Phi) is 4.57. The smallest absolute Gasteiger partial charge is 0.328 e. The quantitative estimate of drug-likeness (QED) is 0.575. The van der Waals surface area contributed by atoms with E-state index >= 15 is 0 Å². The zero-order chi connectivity index (χ0) is 13.5. The van der Waals surface area contributed by atoms with Crippen LogP contribution < -0.4 is 10.6 Å². The molecule has 8 nitrogen and oxygen atoms in total. The highest BCUT2D eigenvalue weighted by atomic mass is 16.6. The van der Waals surface area contributed by atoms with Crippen molar-refractivity contribution in [3.63, 3.8) is 0 Å². The Morgan fingerprint density at radius 1 is 1.67 bits per heavy atom. The lowest BCUT2D eigenvalue weighted by atomic mass is 10.2. The van der Waals surface area contributed by atoms with Gasteiger partial charge in [0.05, 0.1) is 11.5 Å². The summed E-state index contributed by atoms with van der Waals surface area (Å²) in [7, 11) is 0. The molecule has 0 unspecified atom stereocenters. The number of carbonyl (C=O) groups is 1. The van der Waals surface area contributed by atoms with Gasteiger partial charge in [0.1, 0.15) is 11.6 Å². The highest BCUT2D eigenvalue weighted by Gasteiger charge is 2.21. The topological polar surface area (TPSA) is 121 Å². The van der Waals surface area contributed by atoms with E-state index in [4.69, 9.17) is 5.26 Å². The first-order valence-electron chi connectivity index (χ1n) is 5.14. The van der Waals surface area contributed by atoms with Crippen LogP contribution in [0.3, 0.4) is 0 Å². The Hall–Kier alpha value is -2.69. The Bertz CT molecular complexity index is 509. The van der Waals surface area contributed by atoms with Gasteiger partial charge in [-0.2, -0.15) is 5.26 Å². The average Bonchev–Trinajstić information content (AvgIpc) is 2.35. The number of pyridine rings is 1. The summed E-state index contributed by atoms with van der Waals surface area (Å²) in [5.41, 5.74) is -0.530. The molecule has 1 aromatic heterocycles. The zero-order valence-electron chi connectivity index (χ0n) is 9.64. The second kappa shape index (κ2) is 6.15. The Labute approximate surface area is 103 Å². The second-order valence-corrected chi connectivity index (χ2v) is 3.23. The molecular weight excluding hydrogens is 238 g/mol. The number of aromatic nitrogens is 1. The van der Waals surface area contributed by atoms with E-state index in [-0.39, 0.29) is 23.8 Å². The number of hydrogen-bond donors (Lipinski definition) is 2. The van der Waals surface area contributed by atoms with Crippen molar-refractivity contribution in [3.8, 4) is 6.07 Å². The number of carbonyl (C=O) groups excluding carboxylic acids is 1. The molecule has 0 radical (unpaired) electrons. The molecule has 1 heterocycles. The first-order valence-corrected chi connectivity index (χ1v) is 5.14. The molecule has 0 aliphatic rings. The molecule has 0 saturated carbocycles. The van der Waals surface area contributed by atoms with E-state index in [0.29, 0.717) is 6.54 Å². The largest absolute Gasteiger partial charge is 0.355 e. The third kappa shape index (κ3) is 3.15. The number of nitriles is 1. The number of hydrogen-bond acceptors (Lipinski definition) is 6. The number of likely N-dealkylation sites (N-methyl/N-ethyl adjacent to an activating group) is 1. The molecule has 0 aromatic carbocycles. The van der Waals surface area contributed by atoms with Crippen LogP contribution in [0.2, 0.25) is 0 Å². The predicted octanol–water partition coefficient (Wildman–Crippen LogP) is 0.409. The van der Waals surface area contributed by atoms with E-state index in [2.05, 4.69) is 15.6 Å². The zero-order valence-corrected chi connectivity index (χ0v) is 9.64. The fourth-order valence-corrected chi connectivity index (χ4v) is 1.28. The monoisotopic (exact) mass is 249 g/mol. The van der Waals surface area contributed by atoms with Crippen molar-refractivity contribution in [1.29, 1.82) is 5.26 Å². The van der Waals surface area contributed by atoms with Crippen LogP contribution in [0, 0.1) is 21.4 Å². The molecule has 0 fully saturated rings. The van der Waals surface area contributed by atoms with Gasteiger partial charge < -0.3 is 10.6 Å². The lowest BCUT2D eigenvalue weighted by Crippen LogP contribution is -2.29. The maximum atomic E-state index is 11.2. The summed E-state index contributed by atoms with van der Waals surface area (Å²) in [6.45, 7) is 2.08. The maximum Gasteiger partial charge on any atom is 0.328 e. The normalized spacial score (nSPS) is 9.33. The molecule has 1 rings (SSSR count). The molecule has 0 atom stereocenters. The van der Waals surface area contributed by atoms with Crippen molar-refractivity contribution in [2.24, 2.45) is 0 Å². The SMILES string of the molecule is CCNC(=O)CNc1nccc(C#N)c1[N+](=O)[O-]. The standard InChI is InChI=1S/C10H11N5O3/c1-2-12-8(16)6-14-10-9(15(17)18)7(5-11)3-4-13-10/h3-4H,2,6H2,1H3,(H,12,16)(H,13,14). The van der Waals surface area contributed by atoms with Crippen molar-refractivity contribution in [2.75, 3.05) is 18.4 Å². The van der Waals surface area contributed by atoms with Crippen molar-refractivity contribution in [3.05, 3.63) is 27.9 Å². The van der Waals surface area contributed by atoms with Crippen molar-refractivity contribution >= 4 is 17.4 Å². The number of nitrogens with one attached hydrogen (secondary N) is 2. The van der Waals surface area contributed by atoms with Crippen molar-refractivity contribution in [2.45, 2.75) is 6.92 Å². The number of rotatable bonds is 5. The lowest BCUT2D eigenvalue weighted by Gasteiger charge is -2.06. The summed E-state index contributed by atoms with van der Waals surface area (Å²) >= 11 is 0. The van der Waals surface area contributed by atoms with Gasteiger partial charge in [0.15, 0.2) is 0 Å². The highest BCUT2D eigenvalue weighted by molar-refractivity contribution is 5.81. The van der Waals surface area contributed by atoms with E-state index in [1.807, 2.05) is 0 Å². The summed E-state index contributed by atoms with van der Waals surface area (Å²) < 4.78 is 0. The molecule has 1 aromatic rings. The van der Waals surface area contributed by atoms with E-state index in [0.717, 1.165) is 0 Å². The molecule has 94 valence electrons. The van der Waals surface area contributed by atoms with E-state index in [1.54, 1.807) is 13.0 Å². The van der Waals surface area contributed by atoms with Crippen molar-refractivity contribution < 1.29 is 9.72 Å². The number of nitrogens with zero attached hydrogens (tertiary/aromatic N) is 3. The molecule has 1 amide bonds. The van der Waals surface area contributed by atoms with Crippen LogP contribution in [0.15, 0.2) is 12.3 Å². The second-order valence-electron chi connectivity index (χ2n) is 3.23. The molecule has 2 N–H and O–H groups in total. The summed E-state index contributed by atoms with van der Waals surface area (Å²) in [5, 5.41) is 24.7. The van der Waals surface area contributed by atoms with E-state index in [9.17, 15) is 14.9 Å². The van der Waals surface area contributed by atoms with Crippen molar-refractivity contribution in [1.82, 2.24) is 10.3 Å². The van der Waals surface area contributed by atoms with Gasteiger partial charge in [-0.25, -0.2) is 4.98 Å². The average molecular weight is 249 g/mol. The number of amides is 1.